The first-order valence-electron chi connectivity index (χ1n) is 5.28. The van der Waals surface area contributed by atoms with E-state index in [4.69, 9.17) is 0 Å². The van der Waals surface area contributed by atoms with Gasteiger partial charge < -0.3 is 0 Å². The van der Waals surface area contributed by atoms with Gasteiger partial charge in [-0.2, -0.15) is 0 Å². The van der Waals surface area contributed by atoms with Crippen LogP contribution in [0.3, 0.4) is 0 Å². The molecule has 88 valence electrons. The van der Waals surface area contributed by atoms with Crippen LogP contribution in [0.5, 0.6) is 0 Å². The Morgan fingerprint density at radius 1 is 1.35 bits per heavy atom. The van der Waals surface area contributed by atoms with Crippen LogP contribution in [0.1, 0.15) is 13.8 Å². The van der Waals surface area contributed by atoms with Gasteiger partial charge in [-0.25, -0.2) is 0 Å². The first-order valence-corrected chi connectivity index (χ1v) is 6.16. The van der Waals surface area contributed by atoms with E-state index in [1.165, 1.54) is 11.8 Å². The first kappa shape index (κ1) is 11.9. The molecule has 1 heterocycles. The van der Waals surface area contributed by atoms with Gasteiger partial charge in [0, 0.05) is 22.9 Å². The molecule has 0 bridgehead atoms. The van der Waals surface area contributed by atoms with Crippen LogP contribution in [-0.2, 0) is 0 Å². The summed E-state index contributed by atoms with van der Waals surface area (Å²) in [5, 5.41) is 12.2. The number of benzene rings is 1. The second-order valence-electron chi connectivity index (χ2n) is 3.91. The van der Waals surface area contributed by atoms with Gasteiger partial charge in [-0.1, -0.05) is 19.9 Å². The lowest BCUT2D eigenvalue weighted by atomic mass is 10.2. The SMILES string of the molecule is CC(C)Sc1c([N+](=O)[O-])ccc2cccnc12. The van der Waals surface area contributed by atoms with Crippen LogP contribution in [-0.4, -0.2) is 15.2 Å². The largest absolute Gasteiger partial charge is 0.285 e. The van der Waals surface area contributed by atoms with Crippen LogP contribution < -0.4 is 0 Å². The molecule has 2 aromatic rings. The van der Waals surface area contributed by atoms with E-state index in [1.807, 2.05) is 26.0 Å². The second-order valence-corrected chi connectivity index (χ2v) is 5.50. The Balaban J connectivity index is 2.70. The average molecular weight is 248 g/mol. The molecule has 0 aliphatic heterocycles. The summed E-state index contributed by atoms with van der Waals surface area (Å²) in [6, 6.07) is 7.04. The second kappa shape index (κ2) is 4.71. The van der Waals surface area contributed by atoms with E-state index in [-0.39, 0.29) is 15.9 Å². The monoisotopic (exact) mass is 248 g/mol. The van der Waals surface area contributed by atoms with Crippen molar-refractivity contribution >= 4 is 28.4 Å². The van der Waals surface area contributed by atoms with E-state index in [2.05, 4.69) is 4.98 Å². The van der Waals surface area contributed by atoms with Gasteiger partial charge >= 0.3 is 0 Å². The Morgan fingerprint density at radius 2 is 2.12 bits per heavy atom. The van der Waals surface area contributed by atoms with E-state index >= 15 is 0 Å². The number of rotatable bonds is 3. The van der Waals surface area contributed by atoms with Gasteiger partial charge in [0.05, 0.1) is 10.4 Å². The summed E-state index contributed by atoms with van der Waals surface area (Å²) in [5.41, 5.74) is 0.843. The lowest BCUT2D eigenvalue weighted by Gasteiger charge is -2.08. The standard InChI is InChI=1S/C12H12N2O2S/c1-8(2)17-12-10(14(15)16)6-5-9-4-3-7-13-11(9)12/h3-8H,1-2H3. The van der Waals surface area contributed by atoms with Crippen molar-refractivity contribution in [1.29, 1.82) is 0 Å². The van der Waals surface area contributed by atoms with Crippen molar-refractivity contribution in [3.63, 3.8) is 0 Å². The van der Waals surface area contributed by atoms with Gasteiger partial charge in [-0.3, -0.25) is 15.1 Å². The molecule has 5 heteroatoms. The molecule has 0 N–H and O–H groups in total. The van der Waals surface area contributed by atoms with Crippen molar-refractivity contribution in [1.82, 2.24) is 4.98 Å². The maximum atomic E-state index is 11.0. The molecular formula is C12H12N2O2S. The molecule has 0 amide bonds. The van der Waals surface area contributed by atoms with Crippen LogP contribution >= 0.6 is 11.8 Å². The van der Waals surface area contributed by atoms with E-state index in [1.54, 1.807) is 18.3 Å². The number of hydrogen-bond donors (Lipinski definition) is 0. The molecule has 0 aliphatic carbocycles. The molecule has 17 heavy (non-hydrogen) atoms. The minimum absolute atomic E-state index is 0.134. The number of thioether (sulfide) groups is 1. The zero-order chi connectivity index (χ0) is 12.4. The highest BCUT2D eigenvalue weighted by Gasteiger charge is 2.19. The van der Waals surface area contributed by atoms with Gasteiger partial charge in [-0.15, -0.1) is 11.8 Å². The highest BCUT2D eigenvalue weighted by Crippen LogP contribution is 2.36. The highest BCUT2D eigenvalue weighted by atomic mass is 32.2. The fourth-order valence-electron chi connectivity index (χ4n) is 1.60. The number of aromatic nitrogens is 1. The molecule has 1 aromatic heterocycles. The van der Waals surface area contributed by atoms with Crippen molar-refractivity contribution in [2.24, 2.45) is 0 Å². The van der Waals surface area contributed by atoms with Crippen molar-refractivity contribution in [3.8, 4) is 0 Å². The van der Waals surface area contributed by atoms with Gasteiger partial charge in [0.1, 0.15) is 4.90 Å². The summed E-state index contributed by atoms with van der Waals surface area (Å²) >= 11 is 1.48. The van der Waals surface area contributed by atoms with Gasteiger partial charge in [-0.05, 0) is 12.1 Å². The predicted molar refractivity (Wildman–Crippen MR) is 69.4 cm³/mol. The summed E-state index contributed by atoms with van der Waals surface area (Å²) in [6.45, 7) is 4.02. The van der Waals surface area contributed by atoms with E-state index in [0.29, 0.717) is 10.4 Å². The average Bonchev–Trinajstić information content (AvgIpc) is 2.28. The lowest BCUT2D eigenvalue weighted by Crippen LogP contribution is -1.96. The maximum Gasteiger partial charge on any atom is 0.285 e. The third-order valence-corrected chi connectivity index (χ3v) is 3.37. The third-order valence-electron chi connectivity index (χ3n) is 2.26. The molecule has 0 radical (unpaired) electrons. The molecule has 0 spiro atoms. The van der Waals surface area contributed by atoms with Crippen LogP contribution in [0.2, 0.25) is 0 Å². The Morgan fingerprint density at radius 3 is 2.76 bits per heavy atom. The number of hydrogen-bond acceptors (Lipinski definition) is 4. The molecule has 4 nitrogen and oxygen atoms in total. The molecule has 1 aromatic carbocycles. The molecule has 2 rings (SSSR count). The summed E-state index contributed by atoms with van der Waals surface area (Å²) < 4.78 is 0. The normalized spacial score (nSPS) is 11.0. The molecule has 0 unspecified atom stereocenters. The van der Waals surface area contributed by atoms with Gasteiger partial charge in [0.15, 0.2) is 0 Å². The summed E-state index contributed by atoms with van der Waals surface area (Å²) in [4.78, 5) is 15.6. The smallest absolute Gasteiger partial charge is 0.258 e. The number of pyridine rings is 1. The Hall–Kier alpha value is -1.62. The van der Waals surface area contributed by atoms with Gasteiger partial charge in [0.2, 0.25) is 0 Å². The molecule has 0 saturated carbocycles. The summed E-state index contributed by atoms with van der Waals surface area (Å²) in [5.74, 6) is 0. The summed E-state index contributed by atoms with van der Waals surface area (Å²) in [7, 11) is 0. The highest BCUT2D eigenvalue weighted by molar-refractivity contribution is 8.00. The molecule has 0 saturated heterocycles. The number of nitrogens with zero attached hydrogens (tertiary/aromatic N) is 2. The van der Waals surface area contributed by atoms with Crippen LogP contribution in [0.15, 0.2) is 35.4 Å². The zero-order valence-corrected chi connectivity index (χ0v) is 10.4. The topological polar surface area (TPSA) is 56.0 Å². The minimum atomic E-state index is -0.348. The first-order chi connectivity index (χ1) is 8.09. The fourth-order valence-corrected chi connectivity index (χ4v) is 2.62. The quantitative estimate of drug-likeness (QED) is 0.472. The van der Waals surface area contributed by atoms with E-state index < -0.39 is 0 Å². The lowest BCUT2D eigenvalue weighted by molar-refractivity contribution is -0.387. The Kier molecular flexibility index (Phi) is 3.28. The van der Waals surface area contributed by atoms with Crippen LogP contribution in [0.25, 0.3) is 10.9 Å². The number of fused-ring (bicyclic) bond motifs is 1. The van der Waals surface area contributed by atoms with Gasteiger partial charge in [0.25, 0.3) is 5.69 Å². The third kappa shape index (κ3) is 2.39. The van der Waals surface area contributed by atoms with Crippen molar-refractivity contribution in [2.75, 3.05) is 0 Å². The van der Waals surface area contributed by atoms with Crippen molar-refractivity contribution in [2.45, 2.75) is 24.0 Å². The Bertz CT molecular complexity index is 569. The predicted octanol–water partition coefficient (Wildman–Crippen LogP) is 3.64. The molecule has 0 aliphatic rings. The van der Waals surface area contributed by atoms with E-state index in [9.17, 15) is 10.1 Å². The van der Waals surface area contributed by atoms with E-state index in [0.717, 1.165) is 5.39 Å². The zero-order valence-electron chi connectivity index (χ0n) is 9.58. The number of nitro benzene ring substituents is 1. The fraction of sp³-hybridized carbons (Fsp3) is 0.250. The molecule has 0 fully saturated rings. The summed E-state index contributed by atoms with van der Waals surface area (Å²) in [6.07, 6.45) is 1.66. The van der Waals surface area contributed by atoms with Crippen molar-refractivity contribution < 1.29 is 4.92 Å². The maximum absolute atomic E-state index is 11.0. The van der Waals surface area contributed by atoms with Crippen LogP contribution in [0, 0.1) is 10.1 Å². The van der Waals surface area contributed by atoms with Crippen LogP contribution in [0.4, 0.5) is 5.69 Å². The van der Waals surface area contributed by atoms with Crippen molar-refractivity contribution in [3.05, 3.63) is 40.6 Å². The molecule has 0 atom stereocenters. The minimum Gasteiger partial charge on any atom is -0.258 e. The number of nitro groups is 1. The molecular weight excluding hydrogens is 236 g/mol. The Labute approximate surface area is 103 Å².